The third kappa shape index (κ3) is 3.89. The number of hydrogen-bond acceptors (Lipinski definition) is 2. The second kappa shape index (κ2) is 8.09. The predicted octanol–water partition coefficient (Wildman–Crippen LogP) is 6.04. The number of hydrazone groups is 1. The molecule has 4 aromatic rings. The number of amides is 2. The van der Waals surface area contributed by atoms with Crippen molar-refractivity contribution in [1.29, 1.82) is 0 Å². The summed E-state index contributed by atoms with van der Waals surface area (Å²) in [5.41, 5.74) is 7.63. The summed E-state index contributed by atoms with van der Waals surface area (Å²) in [7, 11) is 0. The van der Waals surface area contributed by atoms with Gasteiger partial charge in [0, 0.05) is 38.5 Å². The van der Waals surface area contributed by atoms with Crippen molar-refractivity contribution in [1.82, 2.24) is 9.99 Å². The van der Waals surface area contributed by atoms with Crippen LogP contribution >= 0.6 is 15.9 Å². The molecule has 5 nitrogen and oxygen atoms in total. The molecule has 0 aliphatic heterocycles. The monoisotopic (exact) mass is 448 g/mol. The van der Waals surface area contributed by atoms with Crippen LogP contribution in [0.3, 0.4) is 0 Å². The lowest BCUT2D eigenvalue weighted by Gasteiger charge is -2.06. The zero-order valence-corrected chi connectivity index (χ0v) is 17.8. The first-order valence-electron chi connectivity index (χ1n) is 9.44. The van der Waals surface area contributed by atoms with E-state index in [1.165, 1.54) is 21.8 Å². The van der Waals surface area contributed by atoms with Crippen LogP contribution in [-0.2, 0) is 6.54 Å². The number of fused-ring (bicyclic) bond motifs is 3. The van der Waals surface area contributed by atoms with E-state index in [-0.39, 0.29) is 6.03 Å². The number of aromatic nitrogens is 1. The number of nitrogens with zero attached hydrogens (tertiary/aromatic N) is 2. The number of nitrogens with one attached hydrogen (secondary N) is 2. The maximum Gasteiger partial charge on any atom is 0.339 e. The van der Waals surface area contributed by atoms with Crippen LogP contribution < -0.4 is 10.7 Å². The minimum absolute atomic E-state index is 0.383. The molecule has 0 radical (unpaired) electrons. The van der Waals surface area contributed by atoms with E-state index in [0.717, 1.165) is 22.1 Å². The van der Waals surface area contributed by atoms with E-state index in [1.54, 1.807) is 6.21 Å². The molecular formula is C23H21BrN4O. The second-order valence-corrected chi connectivity index (χ2v) is 7.68. The van der Waals surface area contributed by atoms with Gasteiger partial charge < -0.3 is 9.88 Å². The molecule has 0 spiro atoms. The predicted molar refractivity (Wildman–Crippen MR) is 124 cm³/mol. The van der Waals surface area contributed by atoms with E-state index in [2.05, 4.69) is 79.7 Å². The Balaban J connectivity index is 1.51. The van der Waals surface area contributed by atoms with Crippen LogP contribution in [0.25, 0.3) is 21.8 Å². The summed E-state index contributed by atoms with van der Waals surface area (Å²) in [5.74, 6) is 0. The Hall–Kier alpha value is -3.12. The van der Waals surface area contributed by atoms with Gasteiger partial charge in [-0.25, -0.2) is 10.2 Å². The van der Waals surface area contributed by atoms with Gasteiger partial charge in [-0.2, -0.15) is 5.10 Å². The van der Waals surface area contributed by atoms with Crippen molar-refractivity contribution >= 4 is 55.7 Å². The fraction of sp³-hybridized carbons (Fsp3) is 0.130. The third-order valence-electron chi connectivity index (χ3n) is 4.91. The second-order valence-electron chi connectivity index (χ2n) is 6.83. The van der Waals surface area contributed by atoms with Crippen molar-refractivity contribution in [3.05, 3.63) is 76.3 Å². The van der Waals surface area contributed by atoms with Crippen LogP contribution in [0, 0.1) is 6.92 Å². The molecule has 3 aromatic carbocycles. The van der Waals surface area contributed by atoms with Crippen molar-refractivity contribution < 1.29 is 4.79 Å². The summed E-state index contributed by atoms with van der Waals surface area (Å²) < 4.78 is 3.30. The lowest BCUT2D eigenvalue weighted by molar-refractivity contribution is 0.252. The van der Waals surface area contributed by atoms with Gasteiger partial charge >= 0.3 is 6.03 Å². The molecule has 4 rings (SSSR count). The summed E-state index contributed by atoms with van der Waals surface area (Å²) in [6, 6.07) is 19.8. The van der Waals surface area contributed by atoms with Gasteiger partial charge in [-0.1, -0.05) is 40.2 Å². The number of carbonyl (C=O) groups is 1. The summed E-state index contributed by atoms with van der Waals surface area (Å²) in [4.78, 5) is 12.1. The highest BCUT2D eigenvalue weighted by molar-refractivity contribution is 9.10. The Morgan fingerprint density at radius 1 is 1.07 bits per heavy atom. The summed E-state index contributed by atoms with van der Waals surface area (Å²) in [6.07, 6.45) is 1.66. The molecule has 0 saturated heterocycles. The van der Waals surface area contributed by atoms with Gasteiger partial charge in [-0.15, -0.1) is 0 Å². The average molecular weight is 449 g/mol. The maximum absolute atomic E-state index is 12.1. The Bertz CT molecular complexity index is 1240. The fourth-order valence-corrected chi connectivity index (χ4v) is 3.79. The highest BCUT2D eigenvalue weighted by Gasteiger charge is 2.09. The first-order valence-corrected chi connectivity index (χ1v) is 10.2. The Kier molecular flexibility index (Phi) is 5.36. The number of anilines is 1. The van der Waals surface area contributed by atoms with Gasteiger partial charge in [0.05, 0.1) is 6.21 Å². The fourth-order valence-electron chi connectivity index (χ4n) is 3.54. The van der Waals surface area contributed by atoms with Gasteiger partial charge in [-0.05, 0) is 61.4 Å². The van der Waals surface area contributed by atoms with Crippen LogP contribution in [0.4, 0.5) is 10.5 Å². The molecule has 0 saturated carbocycles. The van der Waals surface area contributed by atoms with Crippen molar-refractivity contribution in [3.8, 4) is 0 Å². The average Bonchev–Trinajstić information content (AvgIpc) is 3.04. The molecule has 1 heterocycles. The number of urea groups is 1. The van der Waals surface area contributed by atoms with E-state index in [1.807, 2.05) is 31.2 Å². The molecule has 146 valence electrons. The highest BCUT2D eigenvalue weighted by atomic mass is 79.9. The first-order chi connectivity index (χ1) is 14.1. The van der Waals surface area contributed by atoms with Crippen LogP contribution in [0.2, 0.25) is 0 Å². The highest BCUT2D eigenvalue weighted by Crippen LogP contribution is 2.29. The van der Waals surface area contributed by atoms with Crippen molar-refractivity contribution in [2.24, 2.45) is 5.10 Å². The minimum Gasteiger partial charge on any atom is -0.341 e. The Labute approximate surface area is 177 Å². The van der Waals surface area contributed by atoms with E-state index < -0.39 is 0 Å². The lowest BCUT2D eigenvalue weighted by Crippen LogP contribution is -2.24. The quantitative estimate of drug-likeness (QED) is 0.290. The smallest absolute Gasteiger partial charge is 0.339 e. The van der Waals surface area contributed by atoms with Crippen molar-refractivity contribution in [2.45, 2.75) is 20.4 Å². The van der Waals surface area contributed by atoms with Gasteiger partial charge in [0.1, 0.15) is 0 Å². The number of para-hydroxylation sites is 1. The lowest BCUT2D eigenvalue weighted by atomic mass is 10.1. The van der Waals surface area contributed by atoms with E-state index in [9.17, 15) is 4.79 Å². The molecule has 0 unspecified atom stereocenters. The van der Waals surface area contributed by atoms with Gasteiger partial charge in [0.2, 0.25) is 0 Å². The third-order valence-corrected chi connectivity index (χ3v) is 5.80. The molecule has 0 atom stereocenters. The molecule has 29 heavy (non-hydrogen) atoms. The van der Waals surface area contributed by atoms with Gasteiger partial charge in [0.15, 0.2) is 0 Å². The minimum atomic E-state index is -0.383. The normalized spacial score (nSPS) is 11.4. The topological polar surface area (TPSA) is 58.4 Å². The summed E-state index contributed by atoms with van der Waals surface area (Å²) in [6.45, 7) is 5.03. The Morgan fingerprint density at radius 2 is 1.86 bits per heavy atom. The summed E-state index contributed by atoms with van der Waals surface area (Å²) in [5, 5.41) is 9.26. The SMILES string of the molecule is CCn1c2ccccc2c2cc(/C=N/NC(=O)Nc3ccc(Br)c(C)c3)ccc21. The van der Waals surface area contributed by atoms with Crippen LogP contribution in [0.15, 0.2) is 70.2 Å². The number of rotatable bonds is 4. The van der Waals surface area contributed by atoms with Crippen molar-refractivity contribution in [3.63, 3.8) is 0 Å². The van der Waals surface area contributed by atoms with E-state index in [0.29, 0.717) is 5.69 Å². The number of halogens is 1. The van der Waals surface area contributed by atoms with E-state index >= 15 is 0 Å². The van der Waals surface area contributed by atoms with Gasteiger partial charge in [-0.3, -0.25) is 0 Å². The number of hydrogen-bond donors (Lipinski definition) is 2. The number of aryl methyl sites for hydroxylation is 2. The Morgan fingerprint density at radius 3 is 2.66 bits per heavy atom. The molecule has 6 heteroatoms. The molecule has 2 N–H and O–H groups in total. The molecule has 1 aromatic heterocycles. The maximum atomic E-state index is 12.1. The van der Waals surface area contributed by atoms with Crippen molar-refractivity contribution in [2.75, 3.05) is 5.32 Å². The summed E-state index contributed by atoms with van der Waals surface area (Å²) >= 11 is 3.45. The zero-order chi connectivity index (χ0) is 20.4. The van der Waals surface area contributed by atoms with E-state index in [4.69, 9.17) is 0 Å². The van der Waals surface area contributed by atoms with Gasteiger partial charge in [0.25, 0.3) is 0 Å². The molecule has 0 bridgehead atoms. The largest absolute Gasteiger partial charge is 0.341 e. The zero-order valence-electron chi connectivity index (χ0n) is 16.2. The standard InChI is InChI=1S/C23H21BrN4O/c1-3-28-21-7-5-4-6-18(21)19-13-16(8-11-22(19)28)14-25-27-23(29)26-17-9-10-20(24)15(2)12-17/h4-14H,3H2,1-2H3,(H2,26,27,29)/b25-14+. The number of benzene rings is 3. The number of carbonyl (C=O) groups excluding carboxylic acids is 1. The first kappa shape index (κ1) is 19.2. The molecule has 0 aliphatic rings. The molecular weight excluding hydrogens is 428 g/mol. The van der Waals surface area contributed by atoms with Crippen LogP contribution in [-0.4, -0.2) is 16.8 Å². The molecule has 0 fully saturated rings. The molecule has 0 aliphatic carbocycles. The molecule has 2 amide bonds. The van der Waals surface area contributed by atoms with Crippen LogP contribution in [0.1, 0.15) is 18.1 Å². The van der Waals surface area contributed by atoms with Crippen LogP contribution in [0.5, 0.6) is 0 Å².